The summed E-state index contributed by atoms with van der Waals surface area (Å²) in [5, 5.41) is 9.81. The average molecular weight is 258 g/mol. The molecule has 1 aliphatic carbocycles. The molecule has 17 heavy (non-hydrogen) atoms. The van der Waals surface area contributed by atoms with Gasteiger partial charge in [-0.2, -0.15) is 11.8 Å². The monoisotopic (exact) mass is 258 g/mol. The van der Waals surface area contributed by atoms with Crippen molar-refractivity contribution in [2.45, 2.75) is 31.4 Å². The van der Waals surface area contributed by atoms with Gasteiger partial charge < -0.3 is 15.7 Å². The van der Waals surface area contributed by atoms with Crippen molar-refractivity contribution >= 4 is 17.7 Å². The molecule has 0 aromatic carbocycles. The summed E-state index contributed by atoms with van der Waals surface area (Å²) in [4.78, 5) is 14.0. The van der Waals surface area contributed by atoms with Gasteiger partial charge in [-0.3, -0.25) is 4.79 Å². The van der Waals surface area contributed by atoms with Crippen molar-refractivity contribution < 1.29 is 9.90 Å². The summed E-state index contributed by atoms with van der Waals surface area (Å²) in [5.74, 6) is 1.80. The number of carbonyl (C=O) groups excluding carboxylic acids is 1. The van der Waals surface area contributed by atoms with Crippen molar-refractivity contribution in [3.63, 3.8) is 0 Å². The van der Waals surface area contributed by atoms with E-state index < -0.39 is 0 Å². The third-order valence-corrected chi connectivity index (χ3v) is 4.72. The molecule has 0 radical (unpaired) electrons. The van der Waals surface area contributed by atoms with Crippen LogP contribution >= 0.6 is 11.8 Å². The van der Waals surface area contributed by atoms with E-state index in [1.165, 1.54) is 0 Å². The Morgan fingerprint density at radius 2 is 2.29 bits per heavy atom. The summed E-state index contributed by atoms with van der Waals surface area (Å²) < 4.78 is 0. The van der Waals surface area contributed by atoms with E-state index in [9.17, 15) is 9.90 Å². The fourth-order valence-electron chi connectivity index (χ4n) is 3.02. The van der Waals surface area contributed by atoms with Crippen LogP contribution in [0.25, 0.3) is 0 Å². The highest BCUT2D eigenvalue weighted by atomic mass is 32.2. The van der Waals surface area contributed by atoms with E-state index in [1.54, 1.807) is 11.8 Å². The summed E-state index contributed by atoms with van der Waals surface area (Å²) in [6, 6.07) is -0.363. The molecule has 2 fully saturated rings. The highest BCUT2D eigenvalue weighted by Gasteiger charge is 2.43. The zero-order chi connectivity index (χ0) is 12.4. The van der Waals surface area contributed by atoms with E-state index in [0.29, 0.717) is 18.4 Å². The van der Waals surface area contributed by atoms with Crippen molar-refractivity contribution in [2.24, 2.45) is 17.6 Å². The van der Waals surface area contributed by atoms with E-state index in [0.717, 1.165) is 31.6 Å². The number of nitrogens with two attached hydrogens (primary N) is 1. The van der Waals surface area contributed by atoms with Gasteiger partial charge in [0.25, 0.3) is 0 Å². The third kappa shape index (κ3) is 2.77. The summed E-state index contributed by atoms with van der Waals surface area (Å²) >= 11 is 1.72. The molecule has 0 aromatic heterocycles. The molecule has 98 valence electrons. The van der Waals surface area contributed by atoms with Crippen LogP contribution in [-0.2, 0) is 4.79 Å². The predicted molar refractivity (Wildman–Crippen MR) is 69.8 cm³/mol. The second-order valence-corrected chi connectivity index (χ2v) is 6.19. The number of rotatable bonds is 4. The molecule has 1 saturated heterocycles. The standard InChI is InChI=1S/C12H22N2O2S/c1-17-5-4-10(13)12(16)14-6-8-2-3-11(15)9(8)7-14/h8-11,15H,2-7,13H2,1H3/t8?,9?,10-,11?/m0/s1. The van der Waals surface area contributed by atoms with Crippen LogP contribution in [0.3, 0.4) is 0 Å². The molecule has 1 amide bonds. The maximum atomic E-state index is 12.1. The first-order chi connectivity index (χ1) is 8.13. The highest BCUT2D eigenvalue weighted by molar-refractivity contribution is 7.98. The fraction of sp³-hybridized carbons (Fsp3) is 0.917. The summed E-state index contributed by atoms with van der Waals surface area (Å²) in [5.41, 5.74) is 5.90. The van der Waals surface area contributed by atoms with Gasteiger partial charge in [0.1, 0.15) is 0 Å². The Morgan fingerprint density at radius 3 is 2.94 bits per heavy atom. The van der Waals surface area contributed by atoms with Crippen molar-refractivity contribution in [1.29, 1.82) is 0 Å². The summed E-state index contributed by atoms with van der Waals surface area (Å²) in [7, 11) is 0. The van der Waals surface area contributed by atoms with Crippen LogP contribution in [-0.4, -0.2) is 53.2 Å². The predicted octanol–water partition coefficient (Wildman–Crippen LogP) is 0.296. The second kappa shape index (κ2) is 5.59. The molecule has 4 nitrogen and oxygen atoms in total. The lowest BCUT2D eigenvalue weighted by Crippen LogP contribution is -2.43. The van der Waals surface area contributed by atoms with Crippen LogP contribution < -0.4 is 5.73 Å². The van der Waals surface area contributed by atoms with Gasteiger partial charge in [0.2, 0.25) is 5.91 Å². The second-order valence-electron chi connectivity index (χ2n) is 5.20. The molecule has 0 spiro atoms. The Bertz CT molecular complexity index is 288. The smallest absolute Gasteiger partial charge is 0.239 e. The minimum atomic E-state index is -0.363. The van der Waals surface area contributed by atoms with Crippen LogP contribution in [0.4, 0.5) is 0 Å². The molecule has 5 heteroatoms. The zero-order valence-electron chi connectivity index (χ0n) is 10.3. The van der Waals surface area contributed by atoms with E-state index in [-0.39, 0.29) is 18.1 Å². The maximum absolute atomic E-state index is 12.1. The Morgan fingerprint density at radius 1 is 1.53 bits per heavy atom. The van der Waals surface area contributed by atoms with Gasteiger partial charge in [-0.05, 0) is 37.2 Å². The molecule has 4 atom stereocenters. The third-order valence-electron chi connectivity index (χ3n) is 4.08. The van der Waals surface area contributed by atoms with E-state index in [4.69, 9.17) is 5.73 Å². The first kappa shape index (κ1) is 13.2. The Hall–Kier alpha value is -0.260. The zero-order valence-corrected chi connectivity index (χ0v) is 11.2. The van der Waals surface area contributed by atoms with Crippen molar-refractivity contribution in [3.8, 4) is 0 Å². The number of hydrogen-bond acceptors (Lipinski definition) is 4. The van der Waals surface area contributed by atoms with Crippen LogP contribution in [0.15, 0.2) is 0 Å². The number of amides is 1. The SMILES string of the molecule is CSCC[C@H](N)C(=O)N1CC2CCC(O)C2C1. The molecule has 2 aliphatic rings. The molecule has 0 aromatic rings. The van der Waals surface area contributed by atoms with Gasteiger partial charge in [0.15, 0.2) is 0 Å². The summed E-state index contributed by atoms with van der Waals surface area (Å²) in [6.07, 6.45) is 4.51. The molecular weight excluding hydrogens is 236 g/mol. The Balaban J connectivity index is 1.86. The normalized spacial score (nSPS) is 33.8. The number of aliphatic hydroxyl groups excluding tert-OH is 1. The molecule has 2 rings (SSSR count). The Labute approximate surface area is 107 Å². The first-order valence-electron chi connectivity index (χ1n) is 6.35. The van der Waals surface area contributed by atoms with Crippen LogP contribution in [0.2, 0.25) is 0 Å². The van der Waals surface area contributed by atoms with Crippen molar-refractivity contribution in [1.82, 2.24) is 4.90 Å². The summed E-state index contributed by atoms with van der Waals surface area (Å²) in [6.45, 7) is 1.51. The van der Waals surface area contributed by atoms with Gasteiger partial charge in [0.05, 0.1) is 12.1 Å². The highest BCUT2D eigenvalue weighted by Crippen LogP contribution is 2.38. The lowest BCUT2D eigenvalue weighted by atomic mass is 10.00. The van der Waals surface area contributed by atoms with Gasteiger partial charge in [-0.1, -0.05) is 0 Å². The largest absolute Gasteiger partial charge is 0.393 e. The number of carbonyl (C=O) groups is 1. The topological polar surface area (TPSA) is 66.6 Å². The minimum Gasteiger partial charge on any atom is -0.393 e. The molecule has 1 aliphatic heterocycles. The Kier molecular flexibility index (Phi) is 4.33. The van der Waals surface area contributed by atoms with E-state index in [2.05, 4.69) is 0 Å². The number of fused-ring (bicyclic) bond motifs is 1. The van der Waals surface area contributed by atoms with Gasteiger partial charge >= 0.3 is 0 Å². The lowest BCUT2D eigenvalue weighted by molar-refractivity contribution is -0.132. The fourth-order valence-corrected chi connectivity index (χ4v) is 3.51. The van der Waals surface area contributed by atoms with E-state index in [1.807, 2.05) is 11.2 Å². The van der Waals surface area contributed by atoms with Gasteiger partial charge in [-0.15, -0.1) is 0 Å². The lowest BCUT2D eigenvalue weighted by Gasteiger charge is -2.22. The van der Waals surface area contributed by atoms with Gasteiger partial charge in [-0.25, -0.2) is 0 Å². The molecule has 3 unspecified atom stereocenters. The quantitative estimate of drug-likeness (QED) is 0.761. The number of thioether (sulfide) groups is 1. The first-order valence-corrected chi connectivity index (χ1v) is 7.74. The van der Waals surface area contributed by atoms with Crippen molar-refractivity contribution in [3.05, 3.63) is 0 Å². The van der Waals surface area contributed by atoms with Gasteiger partial charge in [0, 0.05) is 19.0 Å². The number of hydrogen-bond donors (Lipinski definition) is 2. The molecule has 3 N–H and O–H groups in total. The van der Waals surface area contributed by atoms with Crippen molar-refractivity contribution in [2.75, 3.05) is 25.1 Å². The average Bonchev–Trinajstić information content (AvgIpc) is 2.88. The van der Waals surface area contributed by atoms with Crippen LogP contribution in [0, 0.1) is 11.8 Å². The maximum Gasteiger partial charge on any atom is 0.239 e. The molecule has 0 bridgehead atoms. The van der Waals surface area contributed by atoms with Crippen LogP contribution in [0.5, 0.6) is 0 Å². The molecule has 1 saturated carbocycles. The number of aliphatic hydroxyl groups is 1. The molecule has 1 heterocycles. The van der Waals surface area contributed by atoms with Crippen LogP contribution in [0.1, 0.15) is 19.3 Å². The van der Waals surface area contributed by atoms with E-state index >= 15 is 0 Å². The number of nitrogens with zero attached hydrogens (tertiary/aromatic N) is 1. The molecular formula is C12H22N2O2S. The number of likely N-dealkylation sites (tertiary alicyclic amines) is 1. The minimum absolute atomic E-state index is 0.0700.